The molecule has 0 saturated heterocycles. The van der Waals surface area contributed by atoms with Gasteiger partial charge in [0.05, 0.1) is 16.2 Å². The minimum absolute atomic E-state index is 0.173. The Bertz CT molecular complexity index is 1000. The highest BCUT2D eigenvalue weighted by molar-refractivity contribution is 7.89. The van der Waals surface area contributed by atoms with E-state index < -0.39 is 26.7 Å². The van der Waals surface area contributed by atoms with Crippen molar-refractivity contribution in [2.24, 2.45) is 0 Å². The van der Waals surface area contributed by atoms with Crippen molar-refractivity contribution in [2.75, 3.05) is 0 Å². The summed E-state index contributed by atoms with van der Waals surface area (Å²) in [4.78, 5) is 3.45. The zero-order valence-corrected chi connectivity index (χ0v) is 14.8. The van der Waals surface area contributed by atoms with Crippen molar-refractivity contribution in [3.05, 3.63) is 70.5 Å². The molecule has 0 unspecified atom stereocenters. The quantitative estimate of drug-likeness (QED) is 0.697. The van der Waals surface area contributed by atoms with Gasteiger partial charge in [-0.2, -0.15) is 24.5 Å². The van der Waals surface area contributed by atoms with Crippen LogP contribution < -0.4 is 4.72 Å². The van der Waals surface area contributed by atoms with Crippen LogP contribution in [0.15, 0.2) is 64.3 Å². The largest absolute Gasteiger partial charge is 0.417 e. The molecule has 0 bridgehead atoms. The second-order valence-corrected chi connectivity index (χ2v) is 7.86. The van der Waals surface area contributed by atoms with E-state index in [4.69, 9.17) is 0 Å². The van der Waals surface area contributed by atoms with Gasteiger partial charge in [-0.05, 0) is 35.2 Å². The fraction of sp³-hybridized carbons (Fsp3) is 0.118. The van der Waals surface area contributed by atoms with Crippen LogP contribution in [0, 0.1) is 0 Å². The maximum atomic E-state index is 13.1. The molecule has 3 aromatic rings. The number of alkyl halides is 3. The van der Waals surface area contributed by atoms with Gasteiger partial charge in [0, 0.05) is 23.7 Å². The molecule has 0 aliphatic carbocycles. The van der Waals surface area contributed by atoms with Crippen LogP contribution in [0.3, 0.4) is 0 Å². The van der Waals surface area contributed by atoms with Crippen LogP contribution >= 0.6 is 11.3 Å². The number of nitrogens with zero attached hydrogens (tertiary/aromatic N) is 1. The number of aromatic nitrogens is 1. The number of hydrogen-bond donors (Lipinski definition) is 1. The Kier molecular flexibility index (Phi) is 5.12. The normalized spacial score (nSPS) is 12.3. The Morgan fingerprint density at radius 2 is 1.85 bits per heavy atom. The maximum Gasteiger partial charge on any atom is 0.417 e. The average molecular weight is 398 g/mol. The number of benzene rings is 1. The van der Waals surface area contributed by atoms with Gasteiger partial charge >= 0.3 is 6.18 Å². The monoisotopic (exact) mass is 398 g/mol. The highest BCUT2D eigenvalue weighted by Gasteiger charge is 2.36. The molecule has 0 saturated carbocycles. The molecule has 4 nitrogen and oxygen atoms in total. The first-order chi connectivity index (χ1) is 12.3. The van der Waals surface area contributed by atoms with Crippen LogP contribution in [-0.4, -0.2) is 13.4 Å². The third-order valence-corrected chi connectivity index (χ3v) is 5.76. The number of sulfonamides is 1. The average Bonchev–Trinajstić information content (AvgIpc) is 3.14. The molecule has 0 amide bonds. The number of hydrogen-bond acceptors (Lipinski definition) is 4. The summed E-state index contributed by atoms with van der Waals surface area (Å²) in [6.07, 6.45) is -3.19. The Labute approximate surface area is 152 Å². The Balaban J connectivity index is 1.90. The van der Waals surface area contributed by atoms with Crippen molar-refractivity contribution in [1.29, 1.82) is 0 Å². The number of rotatable bonds is 5. The molecule has 0 radical (unpaired) electrons. The lowest BCUT2D eigenvalue weighted by atomic mass is 10.1. The number of thiophene rings is 1. The van der Waals surface area contributed by atoms with E-state index in [1.54, 1.807) is 18.3 Å². The first-order valence-corrected chi connectivity index (χ1v) is 9.84. The van der Waals surface area contributed by atoms with Crippen LogP contribution in [0.2, 0.25) is 0 Å². The van der Waals surface area contributed by atoms with Crippen molar-refractivity contribution >= 4 is 21.4 Å². The van der Waals surface area contributed by atoms with Gasteiger partial charge < -0.3 is 0 Å². The lowest BCUT2D eigenvalue weighted by molar-refractivity contribution is -0.139. The summed E-state index contributed by atoms with van der Waals surface area (Å²) in [5.41, 5.74) is 0.775. The van der Waals surface area contributed by atoms with Crippen LogP contribution in [0.1, 0.15) is 11.1 Å². The summed E-state index contributed by atoms with van der Waals surface area (Å²) in [6.45, 7) is -0.173. The molecule has 136 valence electrons. The van der Waals surface area contributed by atoms with E-state index in [-0.39, 0.29) is 6.54 Å². The molecule has 2 heterocycles. The summed E-state index contributed by atoms with van der Waals surface area (Å²) >= 11 is 1.46. The van der Waals surface area contributed by atoms with Gasteiger partial charge in [-0.3, -0.25) is 4.98 Å². The van der Waals surface area contributed by atoms with Gasteiger partial charge in [-0.15, -0.1) is 0 Å². The minimum atomic E-state index is -4.76. The third-order valence-electron chi connectivity index (χ3n) is 3.62. The van der Waals surface area contributed by atoms with Gasteiger partial charge in [-0.25, -0.2) is 13.1 Å². The molecule has 26 heavy (non-hydrogen) atoms. The molecule has 0 fully saturated rings. The van der Waals surface area contributed by atoms with Crippen LogP contribution in [-0.2, 0) is 22.7 Å². The summed E-state index contributed by atoms with van der Waals surface area (Å²) in [5, 5.41) is 3.72. The zero-order valence-electron chi connectivity index (χ0n) is 13.2. The van der Waals surface area contributed by atoms with Crippen LogP contribution in [0.25, 0.3) is 11.3 Å². The van der Waals surface area contributed by atoms with E-state index in [2.05, 4.69) is 9.71 Å². The Morgan fingerprint density at radius 3 is 2.54 bits per heavy atom. The maximum absolute atomic E-state index is 13.1. The number of pyridine rings is 1. The topological polar surface area (TPSA) is 59.1 Å². The van der Waals surface area contributed by atoms with Gasteiger partial charge in [0.25, 0.3) is 0 Å². The highest BCUT2D eigenvalue weighted by Crippen LogP contribution is 2.34. The summed E-state index contributed by atoms with van der Waals surface area (Å²) in [6, 6.07) is 9.25. The predicted molar refractivity (Wildman–Crippen MR) is 93.0 cm³/mol. The summed E-state index contributed by atoms with van der Waals surface area (Å²) in [7, 11) is -4.35. The van der Waals surface area contributed by atoms with E-state index in [0.717, 1.165) is 23.8 Å². The van der Waals surface area contributed by atoms with E-state index >= 15 is 0 Å². The molecule has 0 spiro atoms. The van der Waals surface area contributed by atoms with E-state index in [1.807, 2.05) is 16.8 Å². The molecular weight excluding hydrogens is 385 g/mol. The lowest BCUT2D eigenvalue weighted by Crippen LogP contribution is -2.26. The van der Waals surface area contributed by atoms with Crippen molar-refractivity contribution in [3.8, 4) is 11.3 Å². The van der Waals surface area contributed by atoms with Gasteiger partial charge in [0.1, 0.15) is 0 Å². The third kappa shape index (κ3) is 3.95. The number of halogens is 3. The first kappa shape index (κ1) is 18.6. The van der Waals surface area contributed by atoms with Crippen molar-refractivity contribution in [2.45, 2.75) is 17.6 Å². The smallest absolute Gasteiger partial charge is 0.256 e. The summed E-state index contributed by atoms with van der Waals surface area (Å²) < 4.78 is 66.4. The van der Waals surface area contributed by atoms with Crippen LogP contribution in [0.5, 0.6) is 0 Å². The molecular formula is C17H13F3N2O2S2. The van der Waals surface area contributed by atoms with Crippen molar-refractivity contribution in [3.63, 3.8) is 0 Å². The van der Waals surface area contributed by atoms with E-state index in [1.165, 1.54) is 17.4 Å². The molecule has 0 atom stereocenters. The van der Waals surface area contributed by atoms with E-state index in [0.29, 0.717) is 11.3 Å². The first-order valence-electron chi connectivity index (χ1n) is 7.41. The van der Waals surface area contributed by atoms with Crippen LogP contribution in [0.4, 0.5) is 13.2 Å². The van der Waals surface area contributed by atoms with E-state index in [9.17, 15) is 21.6 Å². The SMILES string of the molecule is O=S(=O)(NCc1cccnc1-c1ccsc1)c1ccccc1C(F)(F)F. The van der Waals surface area contributed by atoms with Crippen molar-refractivity contribution < 1.29 is 21.6 Å². The summed E-state index contributed by atoms with van der Waals surface area (Å²) in [5.74, 6) is 0. The van der Waals surface area contributed by atoms with Gasteiger partial charge in [0.15, 0.2) is 0 Å². The van der Waals surface area contributed by atoms with Crippen molar-refractivity contribution in [1.82, 2.24) is 9.71 Å². The number of nitrogens with one attached hydrogen (secondary N) is 1. The predicted octanol–water partition coefficient (Wildman–Crippen LogP) is 4.31. The molecule has 1 aromatic carbocycles. The molecule has 1 N–H and O–H groups in total. The second kappa shape index (κ2) is 7.18. The highest BCUT2D eigenvalue weighted by atomic mass is 32.2. The Morgan fingerprint density at radius 1 is 1.08 bits per heavy atom. The minimum Gasteiger partial charge on any atom is -0.256 e. The molecule has 3 rings (SSSR count). The lowest BCUT2D eigenvalue weighted by Gasteiger charge is -2.14. The molecule has 0 aliphatic heterocycles. The second-order valence-electron chi connectivity index (χ2n) is 5.34. The van der Waals surface area contributed by atoms with Gasteiger partial charge in [0.2, 0.25) is 10.0 Å². The fourth-order valence-corrected chi connectivity index (χ4v) is 4.30. The fourth-order valence-electron chi connectivity index (χ4n) is 2.43. The Hall–Kier alpha value is -2.23. The zero-order chi connectivity index (χ0) is 18.8. The van der Waals surface area contributed by atoms with Gasteiger partial charge in [-0.1, -0.05) is 18.2 Å². The standard InChI is InChI=1S/C17H13F3N2O2S2/c18-17(19,20)14-5-1-2-6-15(14)26(23,24)22-10-12-4-3-8-21-16(12)13-7-9-25-11-13/h1-9,11,22H,10H2. The molecule has 9 heteroatoms. The molecule has 0 aliphatic rings. The molecule has 2 aromatic heterocycles.